The van der Waals surface area contributed by atoms with Gasteiger partial charge in [-0.05, 0) is 30.2 Å². The molecule has 5 rings (SSSR count). The summed E-state index contributed by atoms with van der Waals surface area (Å²) in [5, 5.41) is 7.97. The highest BCUT2D eigenvalue weighted by atomic mass is 32.1. The molecule has 0 spiro atoms. The van der Waals surface area contributed by atoms with Crippen molar-refractivity contribution in [1.82, 2.24) is 25.1 Å². The fourth-order valence-electron chi connectivity index (χ4n) is 4.78. The van der Waals surface area contributed by atoms with Crippen LogP contribution < -0.4 is 10.9 Å². The maximum absolute atomic E-state index is 12.8. The third-order valence-electron chi connectivity index (χ3n) is 6.73. The molecule has 0 aromatic carbocycles. The zero-order valence-electron chi connectivity index (χ0n) is 18.3. The Labute approximate surface area is 195 Å². The minimum absolute atomic E-state index is 0.0658. The van der Waals surface area contributed by atoms with Crippen molar-refractivity contribution in [2.24, 2.45) is 5.92 Å². The molecular weight excluding hydrogens is 442 g/mol. The predicted octanol–water partition coefficient (Wildman–Crippen LogP) is 4.12. The first-order valence-corrected chi connectivity index (χ1v) is 13.2. The zero-order chi connectivity index (χ0) is 22.1. The molecule has 1 aliphatic heterocycles. The van der Waals surface area contributed by atoms with E-state index in [2.05, 4.69) is 22.1 Å². The fourth-order valence-corrected chi connectivity index (χ4v) is 6.56. The van der Waals surface area contributed by atoms with Crippen molar-refractivity contribution < 1.29 is 4.79 Å². The Balaban J connectivity index is 1.20. The third-order valence-corrected chi connectivity index (χ3v) is 8.51. The van der Waals surface area contributed by atoms with Gasteiger partial charge in [0, 0.05) is 48.0 Å². The second kappa shape index (κ2) is 9.33. The molecule has 0 bridgehead atoms. The number of thiophene rings is 2. The van der Waals surface area contributed by atoms with Gasteiger partial charge in [0.15, 0.2) is 0 Å². The molecule has 32 heavy (non-hydrogen) atoms. The van der Waals surface area contributed by atoms with Crippen molar-refractivity contribution in [3.8, 4) is 10.4 Å². The minimum Gasteiger partial charge on any atom is -0.335 e. The molecule has 0 radical (unpaired) electrons. The summed E-state index contributed by atoms with van der Waals surface area (Å²) in [6.07, 6.45) is 4.77. The van der Waals surface area contributed by atoms with Gasteiger partial charge >= 0.3 is 6.03 Å². The highest BCUT2D eigenvalue weighted by molar-refractivity contribution is 7.18. The molecule has 2 N–H and O–H groups in total. The largest absolute Gasteiger partial charge is 0.335 e. The third kappa shape index (κ3) is 4.46. The summed E-state index contributed by atoms with van der Waals surface area (Å²) in [5.41, 5.74) is 0.890. The van der Waals surface area contributed by atoms with Gasteiger partial charge in [0.05, 0.1) is 11.9 Å². The smallest absolute Gasteiger partial charge is 0.317 e. The molecule has 170 valence electrons. The van der Waals surface area contributed by atoms with E-state index in [0.717, 1.165) is 34.8 Å². The van der Waals surface area contributed by atoms with Crippen LogP contribution in [0.2, 0.25) is 0 Å². The Morgan fingerprint density at radius 2 is 2.03 bits per heavy atom. The number of carbonyl (C=O) groups excluding carboxylic acids is 1. The van der Waals surface area contributed by atoms with Crippen molar-refractivity contribution in [3.05, 3.63) is 39.1 Å². The highest BCUT2D eigenvalue weighted by Gasteiger charge is 2.27. The van der Waals surface area contributed by atoms with Crippen molar-refractivity contribution >= 4 is 38.9 Å². The highest BCUT2D eigenvalue weighted by Crippen LogP contribution is 2.33. The van der Waals surface area contributed by atoms with E-state index in [1.807, 2.05) is 27.8 Å². The van der Waals surface area contributed by atoms with Crippen molar-refractivity contribution in [2.75, 3.05) is 26.2 Å². The van der Waals surface area contributed by atoms with Crippen LogP contribution in [0.4, 0.5) is 4.79 Å². The topological polar surface area (TPSA) is 81.3 Å². The van der Waals surface area contributed by atoms with E-state index in [1.165, 1.54) is 30.6 Å². The zero-order valence-corrected chi connectivity index (χ0v) is 19.9. The van der Waals surface area contributed by atoms with Crippen LogP contribution in [0, 0.1) is 5.92 Å². The molecule has 2 amide bonds. The van der Waals surface area contributed by atoms with Crippen LogP contribution in [-0.4, -0.2) is 58.0 Å². The van der Waals surface area contributed by atoms with Crippen LogP contribution in [0.15, 0.2) is 27.7 Å². The molecule has 9 heteroatoms. The Kier molecular flexibility index (Phi) is 6.30. The average molecular weight is 472 g/mol. The summed E-state index contributed by atoms with van der Waals surface area (Å²) in [6.45, 7) is 5.78. The van der Waals surface area contributed by atoms with E-state index in [1.54, 1.807) is 11.3 Å². The molecular formula is C23H29N5O2S2. The van der Waals surface area contributed by atoms with Crippen molar-refractivity contribution in [2.45, 2.75) is 45.2 Å². The number of fused-ring (bicyclic) bond motifs is 1. The normalized spacial score (nSPS) is 22.3. The number of rotatable bonds is 4. The van der Waals surface area contributed by atoms with E-state index in [4.69, 9.17) is 4.98 Å². The van der Waals surface area contributed by atoms with E-state index in [-0.39, 0.29) is 11.6 Å². The van der Waals surface area contributed by atoms with E-state index >= 15 is 0 Å². The second-order valence-corrected chi connectivity index (χ2v) is 10.7. The Morgan fingerprint density at radius 1 is 1.22 bits per heavy atom. The van der Waals surface area contributed by atoms with Gasteiger partial charge in [-0.15, -0.1) is 22.7 Å². The van der Waals surface area contributed by atoms with E-state index in [9.17, 15) is 9.59 Å². The van der Waals surface area contributed by atoms with Gasteiger partial charge in [-0.2, -0.15) is 0 Å². The summed E-state index contributed by atoms with van der Waals surface area (Å²) in [7, 11) is 0. The maximum atomic E-state index is 12.8. The Hall–Kier alpha value is -2.23. The number of carbonyl (C=O) groups is 1. The molecule has 2 fully saturated rings. The monoisotopic (exact) mass is 471 g/mol. The lowest BCUT2D eigenvalue weighted by atomic mass is 9.86. The summed E-state index contributed by atoms with van der Waals surface area (Å²) >= 11 is 3.15. The first-order chi connectivity index (χ1) is 15.6. The number of nitrogens with zero attached hydrogens (tertiary/aromatic N) is 3. The molecule has 1 aliphatic carbocycles. The Morgan fingerprint density at radius 3 is 2.78 bits per heavy atom. The predicted molar refractivity (Wildman–Crippen MR) is 130 cm³/mol. The van der Waals surface area contributed by atoms with Gasteiger partial charge < -0.3 is 15.2 Å². The van der Waals surface area contributed by atoms with Crippen LogP contribution >= 0.6 is 22.7 Å². The maximum Gasteiger partial charge on any atom is 0.317 e. The second-order valence-electron chi connectivity index (χ2n) is 8.90. The number of aromatic amines is 1. The summed E-state index contributed by atoms with van der Waals surface area (Å²) in [4.78, 5) is 39.3. The molecule has 3 aromatic heterocycles. The molecule has 1 saturated heterocycles. The molecule has 0 unspecified atom stereocenters. The van der Waals surface area contributed by atoms with Crippen LogP contribution in [0.5, 0.6) is 0 Å². The average Bonchev–Trinajstić information content (AvgIpc) is 3.46. The summed E-state index contributed by atoms with van der Waals surface area (Å²) < 4.78 is 0. The molecule has 1 saturated carbocycles. The van der Waals surface area contributed by atoms with Crippen molar-refractivity contribution in [1.29, 1.82) is 0 Å². The van der Waals surface area contributed by atoms with Gasteiger partial charge in [-0.25, -0.2) is 9.78 Å². The number of hydrogen-bond donors (Lipinski definition) is 2. The molecule has 2 aliphatic rings. The van der Waals surface area contributed by atoms with E-state index in [0.29, 0.717) is 42.8 Å². The van der Waals surface area contributed by atoms with Gasteiger partial charge in [-0.3, -0.25) is 9.69 Å². The number of piperazine rings is 1. The molecule has 7 nitrogen and oxygen atoms in total. The van der Waals surface area contributed by atoms with E-state index < -0.39 is 0 Å². The lowest BCUT2D eigenvalue weighted by Gasteiger charge is -2.37. The number of H-pyrrole nitrogens is 1. The number of aromatic nitrogens is 2. The first-order valence-electron chi connectivity index (χ1n) is 11.4. The van der Waals surface area contributed by atoms with Crippen LogP contribution in [0.3, 0.4) is 0 Å². The first kappa shape index (κ1) is 21.6. The SMILES string of the molecule is C[C@H]1CCCC[C@H]1NC(=O)N1CCN(Cc2nc3scc(-c4cccs4)c3c(=O)[nH]2)CC1. The molecule has 2 atom stereocenters. The standard InChI is InChI=1S/C23H29N5O2S2/c1-15-5-2-3-6-17(15)24-23(30)28-10-8-27(9-11-28)13-19-25-21(29)20-16(14-32-22(20)26-19)18-7-4-12-31-18/h4,7,12,14-15,17H,2-3,5-6,8-11,13H2,1H3,(H,24,30)(H,25,26,29)/t15-,17+/m0/s1. The number of urea groups is 1. The number of nitrogens with one attached hydrogen (secondary N) is 2. The summed E-state index contributed by atoms with van der Waals surface area (Å²) in [6, 6.07) is 4.40. The minimum atomic E-state index is -0.0748. The lowest BCUT2D eigenvalue weighted by molar-refractivity contribution is 0.127. The summed E-state index contributed by atoms with van der Waals surface area (Å²) in [5.74, 6) is 1.25. The van der Waals surface area contributed by atoms with Gasteiger partial charge in [-0.1, -0.05) is 25.8 Å². The van der Waals surface area contributed by atoms with Crippen molar-refractivity contribution in [3.63, 3.8) is 0 Å². The van der Waals surface area contributed by atoms with Crippen LogP contribution in [-0.2, 0) is 6.54 Å². The molecule has 3 aromatic rings. The number of hydrogen-bond acceptors (Lipinski definition) is 6. The van der Waals surface area contributed by atoms with Gasteiger partial charge in [0.1, 0.15) is 10.7 Å². The lowest BCUT2D eigenvalue weighted by Crippen LogP contribution is -2.54. The Bertz CT molecular complexity index is 1130. The molecule has 4 heterocycles. The fraction of sp³-hybridized carbons (Fsp3) is 0.522. The van der Waals surface area contributed by atoms with Gasteiger partial charge in [0.25, 0.3) is 5.56 Å². The number of amides is 2. The van der Waals surface area contributed by atoms with Crippen LogP contribution in [0.1, 0.15) is 38.4 Å². The van der Waals surface area contributed by atoms with Gasteiger partial charge in [0.2, 0.25) is 0 Å². The van der Waals surface area contributed by atoms with Crippen LogP contribution in [0.25, 0.3) is 20.7 Å². The quantitative estimate of drug-likeness (QED) is 0.600.